The van der Waals surface area contributed by atoms with Gasteiger partial charge in [0, 0.05) is 26.1 Å². The average molecular weight is 373 g/mol. The van der Waals surface area contributed by atoms with Crippen molar-refractivity contribution in [3.63, 3.8) is 0 Å². The highest BCUT2D eigenvalue weighted by molar-refractivity contribution is 7.99. The minimum Gasteiger partial charge on any atom is -0.352 e. The summed E-state index contributed by atoms with van der Waals surface area (Å²) in [5.74, 6) is 0.312. The number of hydrogen-bond acceptors (Lipinski definition) is 5. The number of nitrogens with one attached hydrogen (secondary N) is 1. The molecule has 7 nitrogen and oxygen atoms in total. The maximum atomic E-state index is 12.6. The molecule has 0 spiro atoms. The van der Waals surface area contributed by atoms with Crippen molar-refractivity contribution < 1.29 is 9.59 Å². The maximum absolute atomic E-state index is 12.6. The Hall–Kier alpha value is -2.35. The Morgan fingerprint density at radius 3 is 2.92 bits per heavy atom. The average Bonchev–Trinajstić information content (AvgIpc) is 3.08. The van der Waals surface area contributed by atoms with Crippen LogP contribution in [-0.2, 0) is 9.59 Å². The quantitative estimate of drug-likeness (QED) is 0.809. The molecule has 26 heavy (non-hydrogen) atoms. The van der Waals surface area contributed by atoms with Crippen LogP contribution < -0.4 is 5.32 Å². The van der Waals surface area contributed by atoms with Crippen LogP contribution >= 0.6 is 11.8 Å². The molecule has 1 fully saturated rings. The van der Waals surface area contributed by atoms with Crippen molar-refractivity contribution in [1.29, 1.82) is 0 Å². The highest BCUT2D eigenvalue weighted by Crippen LogP contribution is 2.22. The number of aromatic nitrogens is 3. The summed E-state index contributed by atoms with van der Waals surface area (Å²) in [5, 5.41) is 11.8. The van der Waals surface area contributed by atoms with E-state index in [1.54, 1.807) is 6.33 Å². The number of hydrogen-bond donors (Lipinski definition) is 1. The number of para-hydroxylation sites is 1. The predicted octanol–water partition coefficient (Wildman–Crippen LogP) is 1.79. The van der Waals surface area contributed by atoms with Gasteiger partial charge in [-0.2, -0.15) is 0 Å². The minimum absolute atomic E-state index is 0.0471. The third kappa shape index (κ3) is 4.43. The van der Waals surface area contributed by atoms with Gasteiger partial charge in [0.2, 0.25) is 11.8 Å². The van der Waals surface area contributed by atoms with E-state index in [1.165, 1.54) is 18.7 Å². The normalized spacial score (nSPS) is 17.2. The molecule has 138 valence electrons. The third-order valence-electron chi connectivity index (χ3n) is 4.40. The Bertz CT molecular complexity index is 791. The summed E-state index contributed by atoms with van der Waals surface area (Å²) in [6.07, 6.45) is 3.49. The third-order valence-corrected chi connectivity index (χ3v) is 5.33. The molecule has 1 aromatic heterocycles. The number of nitrogens with zero attached hydrogens (tertiary/aromatic N) is 4. The van der Waals surface area contributed by atoms with Gasteiger partial charge in [-0.1, -0.05) is 30.0 Å². The number of amides is 2. The molecular weight excluding hydrogens is 350 g/mol. The van der Waals surface area contributed by atoms with E-state index in [9.17, 15) is 9.59 Å². The molecule has 2 aromatic rings. The lowest BCUT2D eigenvalue weighted by molar-refractivity contribution is -0.130. The van der Waals surface area contributed by atoms with E-state index in [0.717, 1.165) is 30.6 Å². The van der Waals surface area contributed by atoms with Gasteiger partial charge >= 0.3 is 0 Å². The van der Waals surface area contributed by atoms with Gasteiger partial charge in [-0.05, 0) is 31.4 Å². The fraction of sp³-hybridized carbons (Fsp3) is 0.444. The molecule has 3 rings (SSSR count). The van der Waals surface area contributed by atoms with Gasteiger partial charge in [-0.15, -0.1) is 10.2 Å². The second-order valence-corrected chi connectivity index (χ2v) is 7.38. The van der Waals surface area contributed by atoms with Gasteiger partial charge in [-0.25, -0.2) is 0 Å². The molecule has 8 heteroatoms. The van der Waals surface area contributed by atoms with E-state index >= 15 is 0 Å². The Balaban J connectivity index is 1.61. The molecule has 0 radical (unpaired) electrons. The molecule has 1 saturated heterocycles. The van der Waals surface area contributed by atoms with Crippen molar-refractivity contribution in [2.45, 2.75) is 37.9 Å². The van der Waals surface area contributed by atoms with Crippen molar-refractivity contribution in [2.75, 3.05) is 18.8 Å². The molecule has 1 aliphatic heterocycles. The number of thioether (sulfide) groups is 1. The van der Waals surface area contributed by atoms with Gasteiger partial charge in [0.15, 0.2) is 5.16 Å². The summed E-state index contributed by atoms with van der Waals surface area (Å²) in [7, 11) is 0. The van der Waals surface area contributed by atoms with E-state index in [4.69, 9.17) is 0 Å². The molecule has 2 heterocycles. The first-order valence-corrected chi connectivity index (χ1v) is 9.67. The molecule has 1 N–H and O–H groups in total. The largest absolute Gasteiger partial charge is 0.352 e. The van der Waals surface area contributed by atoms with Crippen molar-refractivity contribution in [2.24, 2.45) is 0 Å². The monoisotopic (exact) mass is 373 g/mol. The number of piperidine rings is 1. The van der Waals surface area contributed by atoms with Crippen molar-refractivity contribution in [3.8, 4) is 5.69 Å². The number of likely N-dealkylation sites (tertiary alicyclic amines) is 1. The SMILES string of the molecule is CC(=O)NC1CCCN(C(=O)CSc2nncn2-c2ccccc2C)C1. The minimum atomic E-state index is -0.0509. The highest BCUT2D eigenvalue weighted by atomic mass is 32.2. The number of aryl methyl sites for hydroxylation is 1. The van der Waals surface area contributed by atoms with Crippen LogP contribution in [-0.4, -0.2) is 56.4 Å². The number of rotatable bonds is 5. The zero-order valence-electron chi connectivity index (χ0n) is 15.0. The van der Waals surface area contributed by atoms with Gasteiger partial charge in [-0.3, -0.25) is 14.2 Å². The molecule has 0 saturated carbocycles. The summed E-state index contributed by atoms with van der Waals surface area (Å²) in [5.41, 5.74) is 2.13. The van der Waals surface area contributed by atoms with Crippen LogP contribution in [0.15, 0.2) is 35.7 Å². The zero-order chi connectivity index (χ0) is 18.5. The van der Waals surface area contributed by atoms with E-state index in [2.05, 4.69) is 15.5 Å². The van der Waals surface area contributed by atoms with E-state index in [-0.39, 0.29) is 17.9 Å². The summed E-state index contributed by atoms with van der Waals surface area (Å²) in [6.45, 7) is 4.85. The molecule has 1 aromatic carbocycles. The summed E-state index contributed by atoms with van der Waals surface area (Å²) in [4.78, 5) is 25.6. The highest BCUT2D eigenvalue weighted by Gasteiger charge is 2.24. The second kappa shape index (κ2) is 8.35. The Labute approximate surface area is 157 Å². The van der Waals surface area contributed by atoms with Crippen molar-refractivity contribution in [1.82, 2.24) is 25.0 Å². The van der Waals surface area contributed by atoms with Gasteiger partial charge in [0.05, 0.1) is 11.4 Å². The Kier molecular flexibility index (Phi) is 5.92. The molecule has 1 aliphatic rings. The fourth-order valence-electron chi connectivity index (χ4n) is 3.15. The molecular formula is C18H23N5O2S. The second-order valence-electron chi connectivity index (χ2n) is 6.44. The van der Waals surface area contributed by atoms with Crippen LogP contribution in [0.1, 0.15) is 25.3 Å². The summed E-state index contributed by atoms with van der Waals surface area (Å²) in [6, 6.07) is 8.04. The molecule has 1 atom stereocenters. The fourth-order valence-corrected chi connectivity index (χ4v) is 3.97. The lowest BCUT2D eigenvalue weighted by atomic mass is 10.1. The Morgan fingerprint density at radius 2 is 2.15 bits per heavy atom. The molecule has 0 bridgehead atoms. The van der Waals surface area contributed by atoms with Crippen LogP contribution in [0.25, 0.3) is 5.69 Å². The number of carbonyl (C=O) groups is 2. The van der Waals surface area contributed by atoms with E-state index in [1.807, 2.05) is 40.7 Å². The standard InChI is InChI=1S/C18H23N5O2S/c1-13-6-3-4-8-16(13)23-12-19-21-18(23)26-11-17(25)22-9-5-7-15(10-22)20-14(2)24/h3-4,6,8,12,15H,5,7,9-11H2,1-2H3,(H,20,24). The molecule has 0 aliphatic carbocycles. The summed E-state index contributed by atoms with van der Waals surface area (Å²) >= 11 is 1.38. The Morgan fingerprint density at radius 1 is 1.35 bits per heavy atom. The first-order valence-electron chi connectivity index (χ1n) is 8.68. The molecule has 1 unspecified atom stereocenters. The smallest absolute Gasteiger partial charge is 0.233 e. The summed E-state index contributed by atoms with van der Waals surface area (Å²) < 4.78 is 1.91. The zero-order valence-corrected chi connectivity index (χ0v) is 15.8. The lowest BCUT2D eigenvalue weighted by Crippen LogP contribution is -2.49. The van der Waals surface area contributed by atoms with Crippen LogP contribution in [0.2, 0.25) is 0 Å². The van der Waals surface area contributed by atoms with Crippen LogP contribution in [0.4, 0.5) is 0 Å². The molecule has 2 amide bonds. The van der Waals surface area contributed by atoms with Crippen LogP contribution in [0.5, 0.6) is 0 Å². The first kappa shape index (κ1) is 18.4. The first-order chi connectivity index (χ1) is 12.5. The van der Waals surface area contributed by atoms with Crippen LogP contribution in [0, 0.1) is 6.92 Å². The lowest BCUT2D eigenvalue weighted by Gasteiger charge is -2.33. The number of carbonyl (C=O) groups excluding carboxylic acids is 2. The van der Waals surface area contributed by atoms with Gasteiger partial charge < -0.3 is 10.2 Å². The maximum Gasteiger partial charge on any atom is 0.233 e. The number of benzene rings is 1. The van der Waals surface area contributed by atoms with Crippen LogP contribution in [0.3, 0.4) is 0 Å². The van der Waals surface area contributed by atoms with E-state index < -0.39 is 0 Å². The topological polar surface area (TPSA) is 80.1 Å². The van der Waals surface area contributed by atoms with Gasteiger partial charge in [0.1, 0.15) is 6.33 Å². The van der Waals surface area contributed by atoms with E-state index in [0.29, 0.717) is 17.5 Å². The predicted molar refractivity (Wildman–Crippen MR) is 100 cm³/mol. The van der Waals surface area contributed by atoms with Gasteiger partial charge in [0.25, 0.3) is 0 Å². The van der Waals surface area contributed by atoms with Crippen molar-refractivity contribution in [3.05, 3.63) is 36.2 Å². The van der Waals surface area contributed by atoms with Crippen molar-refractivity contribution >= 4 is 23.6 Å².